The summed E-state index contributed by atoms with van der Waals surface area (Å²) in [6.45, 7) is 1.88. The molecule has 108 valence electrons. The van der Waals surface area contributed by atoms with Gasteiger partial charge in [0.15, 0.2) is 0 Å². The number of anilines is 1. The minimum Gasteiger partial charge on any atom is -0.349 e. The molecule has 0 aromatic heterocycles. The van der Waals surface area contributed by atoms with Gasteiger partial charge in [-0.2, -0.15) is 0 Å². The van der Waals surface area contributed by atoms with Crippen molar-refractivity contribution in [1.82, 2.24) is 5.32 Å². The van der Waals surface area contributed by atoms with E-state index in [-0.39, 0.29) is 11.9 Å². The van der Waals surface area contributed by atoms with Gasteiger partial charge in [0.2, 0.25) is 10.0 Å². The SMILES string of the molecule is C[C@H]1Cc2cc(C(=O)NC3CC3)ccc2N1S(C)(=O)=O. The molecule has 1 aliphatic carbocycles. The molecule has 1 aliphatic heterocycles. The lowest BCUT2D eigenvalue weighted by atomic mass is 10.1. The molecular formula is C14H18N2O3S. The Labute approximate surface area is 119 Å². The minimum absolute atomic E-state index is 0.0687. The molecule has 1 aromatic rings. The number of nitrogens with one attached hydrogen (secondary N) is 1. The largest absolute Gasteiger partial charge is 0.349 e. The molecule has 1 atom stereocenters. The van der Waals surface area contributed by atoms with E-state index in [0.29, 0.717) is 23.7 Å². The van der Waals surface area contributed by atoms with Crippen LogP contribution in [0.1, 0.15) is 35.7 Å². The molecule has 0 unspecified atom stereocenters. The molecule has 0 spiro atoms. The van der Waals surface area contributed by atoms with Crippen LogP contribution < -0.4 is 9.62 Å². The molecule has 1 aromatic carbocycles. The summed E-state index contributed by atoms with van der Waals surface area (Å²) in [4.78, 5) is 12.0. The first-order chi connectivity index (χ1) is 9.36. The van der Waals surface area contributed by atoms with Gasteiger partial charge in [0.25, 0.3) is 5.91 Å². The summed E-state index contributed by atoms with van der Waals surface area (Å²) in [5, 5.41) is 2.94. The van der Waals surface area contributed by atoms with E-state index in [9.17, 15) is 13.2 Å². The molecule has 6 heteroatoms. The summed E-state index contributed by atoms with van der Waals surface area (Å²) in [6, 6.07) is 5.48. The molecule has 1 amide bonds. The van der Waals surface area contributed by atoms with Gasteiger partial charge in [-0.3, -0.25) is 9.10 Å². The Morgan fingerprint density at radius 2 is 2.05 bits per heavy atom. The van der Waals surface area contributed by atoms with E-state index in [1.165, 1.54) is 10.6 Å². The maximum atomic E-state index is 12.0. The molecule has 20 heavy (non-hydrogen) atoms. The summed E-state index contributed by atoms with van der Waals surface area (Å²) >= 11 is 0. The van der Waals surface area contributed by atoms with Crippen LogP contribution in [-0.2, 0) is 16.4 Å². The molecule has 0 saturated heterocycles. The maximum Gasteiger partial charge on any atom is 0.251 e. The topological polar surface area (TPSA) is 66.5 Å². The van der Waals surface area contributed by atoms with Gasteiger partial charge >= 0.3 is 0 Å². The lowest BCUT2D eigenvalue weighted by Gasteiger charge is -2.21. The first-order valence-electron chi connectivity index (χ1n) is 6.79. The molecule has 0 bridgehead atoms. The highest BCUT2D eigenvalue weighted by Crippen LogP contribution is 2.34. The predicted molar refractivity (Wildman–Crippen MR) is 77.4 cm³/mol. The van der Waals surface area contributed by atoms with Crippen molar-refractivity contribution in [3.63, 3.8) is 0 Å². The van der Waals surface area contributed by atoms with Crippen LogP contribution in [0, 0.1) is 0 Å². The number of carbonyl (C=O) groups excluding carboxylic acids is 1. The lowest BCUT2D eigenvalue weighted by molar-refractivity contribution is 0.0951. The number of nitrogens with zero attached hydrogens (tertiary/aromatic N) is 1. The van der Waals surface area contributed by atoms with Gasteiger partial charge in [-0.25, -0.2) is 8.42 Å². The van der Waals surface area contributed by atoms with Crippen LogP contribution in [0.3, 0.4) is 0 Å². The molecule has 1 fully saturated rings. The number of hydrogen-bond donors (Lipinski definition) is 1. The summed E-state index contributed by atoms with van der Waals surface area (Å²) in [5.74, 6) is -0.0687. The summed E-state index contributed by atoms with van der Waals surface area (Å²) in [6.07, 6.45) is 3.96. The van der Waals surface area contributed by atoms with Crippen LogP contribution in [0.2, 0.25) is 0 Å². The number of sulfonamides is 1. The Kier molecular flexibility index (Phi) is 3.01. The average molecular weight is 294 g/mol. The van der Waals surface area contributed by atoms with Crippen LogP contribution in [0.5, 0.6) is 0 Å². The number of benzene rings is 1. The Hall–Kier alpha value is -1.56. The second kappa shape index (κ2) is 4.48. The van der Waals surface area contributed by atoms with Gasteiger partial charge in [0.05, 0.1) is 11.9 Å². The zero-order valence-electron chi connectivity index (χ0n) is 11.6. The van der Waals surface area contributed by atoms with E-state index in [1.807, 2.05) is 13.0 Å². The molecule has 0 radical (unpaired) electrons. The first kappa shape index (κ1) is 13.4. The molecule has 5 nitrogen and oxygen atoms in total. The van der Waals surface area contributed by atoms with E-state index >= 15 is 0 Å². The van der Waals surface area contributed by atoms with Crippen molar-refractivity contribution in [1.29, 1.82) is 0 Å². The van der Waals surface area contributed by atoms with Gasteiger partial charge in [-0.15, -0.1) is 0 Å². The molecule has 2 aliphatic rings. The number of fused-ring (bicyclic) bond motifs is 1. The number of hydrogen-bond acceptors (Lipinski definition) is 3. The monoisotopic (exact) mass is 294 g/mol. The van der Waals surface area contributed by atoms with Crippen molar-refractivity contribution in [3.8, 4) is 0 Å². The third-order valence-electron chi connectivity index (χ3n) is 3.76. The molecule has 3 rings (SSSR count). The highest BCUT2D eigenvalue weighted by atomic mass is 32.2. The van der Waals surface area contributed by atoms with Crippen molar-refractivity contribution in [2.45, 2.75) is 38.3 Å². The Morgan fingerprint density at radius 3 is 2.65 bits per heavy atom. The fraction of sp³-hybridized carbons (Fsp3) is 0.500. The van der Waals surface area contributed by atoms with Crippen LogP contribution >= 0.6 is 0 Å². The minimum atomic E-state index is -3.27. The Bertz CT molecular complexity index is 665. The van der Waals surface area contributed by atoms with Crippen molar-refractivity contribution < 1.29 is 13.2 Å². The third kappa shape index (κ3) is 2.40. The van der Waals surface area contributed by atoms with Gasteiger partial charge in [0.1, 0.15) is 0 Å². The quantitative estimate of drug-likeness (QED) is 0.913. The Balaban J connectivity index is 1.91. The standard InChI is InChI=1S/C14H18N2O3S/c1-9-7-11-8-10(14(17)15-12-4-5-12)3-6-13(11)16(9)20(2,18)19/h3,6,8-9,12H,4-5,7H2,1-2H3,(H,15,17)/t9-/m0/s1. The van der Waals surface area contributed by atoms with E-state index in [4.69, 9.17) is 0 Å². The van der Waals surface area contributed by atoms with Crippen molar-refractivity contribution >= 4 is 21.6 Å². The third-order valence-corrected chi connectivity index (χ3v) is 5.04. The van der Waals surface area contributed by atoms with Crippen molar-refractivity contribution in [2.24, 2.45) is 0 Å². The molecular weight excluding hydrogens is 276 g/mol. The number of amides is 1. The van der Waals surface area contributed by atoms with E-state index in [0.717, 1.165) is 18.4 Å². The second-order valence-electron chi connectivity index (χ2n) is 5.70. The molecule has 1 heterocycles. The van der Waals surface area contributed by atoms with Crippen LogP contribution in [-0.4, -0.2) is 32.7 Å². The fourth-order valence-electron chi connectivity index (χ4n) is 2.75. The first-order valence-corrected chi connectivity index (χ1v) is 8.64. The summed E-state index contributed by atoms with van der Waals surface area (Å²) in [7, 11) is -3.27. The zero-order chi connectivity index (χ0) is 14.5. The fourth-order valence-corrected chi connectivity index (χ4v) is 4.01. The smallest absolute Gasteiger partial charge is 0.251 e. The number of rotatable bonds is 3. The van der Waals surface area contributed by atoms with Crippen LogP contribution in [0.25, 0.3) is 0 Å². The van der Waals surface area contributed by atoms with Gasteiger partial charge in [-0.1, -0.05) is 0 Å². The average Bonchev–Trinajstić information content (AvgIpc) is 3.06. The van der Waals surface area contributed by atoms with Crippen LogP contribution in [0.15, 0.2) is 18.2 Å². The highest BCUT2D eigenvalue weighted by molar-refractivity contribution is 7.92. The van der Waals surface area contributed by atoms with Gasteiger partial charge < -0.3 is 5.32 Å². The molecule has 1 saturated carbocycles. The number of carbonyl (C=O) groups is 1. The van der Waals surface area contributed by atoms with E-state index < -0.39 is 10.0 Å². The predicted octanol–water partition coefficient (Wildman–Crippen LogP) is 1.29. The van der Waals surface area contributed by atoms with Gasteiger partial charge in [-0.05, 0) is 49.9 Å². The maximum absolute atomic E-state index is 12.0. The van der Waals surface area contributed by atoms with E-state index in [2.05, 4.69) is 5.32 Å². The molecule has 1 N–H and O–H groups in total. The van der Waals surface area contributed by atoms with Crippen LogP contribution in [0.4, 0.5) is 5.69 Å². The Morgan fingerprint density at radius 1 is 1.35 bits per heavy atom. The normalized spacial score (nSPS) is 21.7. The van der Waals surface area contributed by atoms with Gasteiger partial charge in [0, 0.05) is 17.6 Å². The lowest BCUT2D eigenvalue weighted by Crippen LogP contribution is -2.34. The van der Waals surface area contributed by atoms with Crippen molar-refractivity contribution in [3.05, 3.63) is 29.3 Å². The highest BCUT2D eigenvalue weighted by Gasteiger charge is 2.33. The van der Waals surface area contributed by atoms with E-state index in [1.54, 1.807) is 12.1 Å². The van der Waals surface area contributed by atoms with Crippen molar-refractivity contribution in [2.75, 3.05) is 10.6 Å². The summed E-state index contributed by atoms with van der Waals surface area (Å²) < 4.78 is 25.1. The second-order valence-corrected chi connectivity index (χ2v) is 7.56. The summed E-state index contributed by atoms with van der Waals surface area (Å²) in [5.41, 5.74) is 2.23. The zero-order valence-corrected chi connectivity index (χ0v) is 12.4.